The fraction of sp³-hybridized carbons (Fsp3) is 0.879. The Hall–Kier alpha value is -5.11. The van der Waals surface area contributed by atoms with E-state index in [1.165, 1.54) is 0 Å². The highest BCUT2D eigenvalue weighted by Gasteiger charge is 2.64. The van der Waals surface area contributed by atoms with Crippen LogP contribution < -0.4 is 26.6 Å². The van der Waals surface area contributed by atoms with Crippen LogP contribution >= 0.6 is 0 Å². The summed E-state index contributed by atoms with van der Waals surface area (Å²) in [6.45, 7) is -10.1. The van der Waals surface area contributed by atoms with E-state index in [1.807, 2.05) is 5.32 Å². The van der Waals surface area contributed by atoms with E-state index >= 15 is 0 Å². The molecule has 6 rings (SSSR count). The molecule has 49 heteroatoms. The quantitative estimate of drug-likeness (QED) is 0.0277. The van der Waals surface area contributed by atoms with Gasteiger partial charge in [-0.3, -0.25) is 24.0 Å². The minimum absolute atomic E-state index is 0.812. The molecule has 0 saturated carbocycles. The number of aliphatic hydroxyl groups is 23. The van der Waals surface area contributed by atoms with E-state index in [9.17, 15) is 161 Å². The number of ether oxygens (including phenoxy) is 12. The Kier molecular flexibility index (Phi) is 33.8. The maximum atomic E-state index is 13.8. The fourth-order valence-corrected chi connectivity index (χ4v) is 12.9. The Morgan fingerprint density at radius 2 is 0.879 bits per heavy atom. The molecule has 5 amide bonds. The lowest BCUT2D eigenvalue weighted by molar-refractivity contribution is -0.394. The van der Waals surface area contributed by atoms with E-state index in [0.717, 1.165) is 20.8 Å². The van der Waals surface area contributed by atoms with Crippen molar-refractivity contribution >= 4 is 41.5 Å². The van der Waals surface area contributed by atoms with Gasteiger partial charge in [-0.1, -0.05) is 0 Å². The number of carbonyl (C=O) groups is 7. The summed E-state index contributed by atoms with van der Waals surface area (Å²) in [5, 5.41) is 283. The number of aliphatic hydroxyl groups excluding tert-OH is 23. The number of carboxylic acids is 2. The first-order chi connectivity index (χ1) is 50.3. The molecule has 0 aromatic heterocycles. The topological polar surface area (TPSA) is 796 Å². The molecular weight excluding hydrogens is 1470 g/mol. The average molecular weight is 1570 g/mol. The molecule has 0 radical (unpaired) electrons. The average Bonchev–Trinajstić information content (AvgIpc) is 0.750. The minimum Gasteiger partial charge on any atom is -0.477 e. The van der Waals surface area contributed by atoms with Gasteiger partial charge in [-0.05, 0) is 0 Å². The van der Waals surface area contributed by atoms with E-state index in [-0.39, 0.29) is 0 Å². The molecule has 6 heterocycles. The zero-order valence-electron chi connectivity index (χ0n) is 57.1. The van der Waals surface area contributed by atoms with E-state index in [0.29, 0.717) is 0 Å². The van der Waals surface area contributed by atoms with Gasteiger partial charge in [-0.25, -0.2) is 9.59 Å². The lowest BCUT2D eigenvalue weighted by Gasteiger charge is -2.53. The van der Waals surface area contributed by atoms with Crippen LogP contribution in [0.4, 0.5) is 0 Å². The summed E-state index contributed by atoms with van der Waals surface area (Å²) in [4.78, 5) is 90.0. The smallest absolute Gasteiger partial charge is 0.364 e. The molecule has 0 aromatic carbocycles. The highest BCUT2D eigenvalue weighted by atomic mass is 16.8. The first kappa shape index (κ1) is 90.8. The number of amides is 5. The fourth-order valence-electron chi connectivity index (χ4n) is 12.9. The molecule has 618 valence electrons. The number of carbonyl (C=O) groups excluding carboxylic acids is 5. The van der Waals surface area contributed by atoms with E-state index in [4.69, 9.17) is 56.8 Å². The molecule has 6 aliphatic heterocycles. The molecule has 0 unspecified atom stereocenters. The minimum atomic E-state index is -3.52. The van der Waals surface area contributed by atoms with Crippen molar-refractivity contribution in [3.05, 3.63) is 0 Å². The van der Waals surface area contributed by atoms with Crippen molar-refractivity contribution in [2.75, 3.05) is 66.1 Å². The zero-order chi connectivity index (χ0) is 80.2. The van der Waals surface area contributed by atoms with Gasteiger partial charge in [0.2, 0.25) is 29.5 Å². The predicted octanol–water partition coefficient (Wildman–Crippen LogP) is -19.6. The van der Waals surface area contributed by atoms with Crippen LogP contribution in [0.3, 0.4) is 0 Å². The number of hydrogen-bond donors (Lipinski definition) is 30. The lowest BCUT2D eigenvalue weighted by Crippen LogP contribution is -2.74. The number of rotatable bonds is 36. The monoisotopic (exact) mass is 1570 g/mol. The van der Waals surface area contributed by atoms with Crippen LogP contribution in [-0.2, 0) is 90.4 Å². The summed E-state index contributed by atoms with van der Waals surface area (Å²) >= 11 is 0. The van der Waals surface area contributed by atoms with Gasteiger partial charge < -0.3 is 211 Å². The molecule has 6 saturated heterocycles. The van der Waals surface area contributed by atoms with Crippen LogP contribution in [0.2, 0.25) is 0 Å². The predicted molar refractivity (Wildman–Crippen MR) is 329 cm³/mol. The molecule has 107 heavy (non-hydrogen) atoms. The second-order valence-electron chi connectivity index (χ2n) is 25.9. The van der Waals surface area contributed by atoms with Crippen molar-refractivity contribution in [2.45, 2.75) is 253 Å². The third-order valence-corrected chi connectivity index (χ3v) is 18.4. The van der Waals surface area contributed by atoms with Crippen molar-refractivity contribution in [3.63, 3.8) is 0 Å². The van der Waals surface area contributed by atoms with Gasteiger partial charge in [-0.2, -0.15) is 0 Å². The second kappa shape index (κ2) is 39.9. The molecule has 36 atom stereocenters. The summed E-state index contributed by atoms with van der Waals surface area (Å²) in [7, 11) is 0. The lowest BCUT2D eigenvalue weighted by atomic mass is 9.87. The Morgan fingerprint density at radius 3 is 1.36 bits per heavy atom. The van der Waals surface area contributed by atoms with Crippen LogP contribution in [0.15, 0.2) is 0 Å². The maximum absolute atomic E-state index is 13.8. The Bertz CT molecular complexity index is 2890. The van der Waals surface area contributed by atoms with Gasteiger partial charge in [0.25, 0.3) is 11.6 Å². The molecule has 30 N–H and O–H groups in total. The Labute approximate surface area is 604 Å². The van der Waals surface area contributed by atoms with Gasteiger partial charge >= 0.3 is 11.9 Å². The van der Waals surface area contributed by atoms with Gasteiger partial charge in [0.15, 0.2) is 25.2 Å². The Morgan fingerprint density at radius 1 is 0.439 bits per heavy atom. The number of hydrogen-bond acceptors (Lipinski definition) is 42. The normalized spacial score (nSPS) is 39.9. The van der Waals surface area contributed by atoms with E-state index in [2.05, 4.69) is 21.3 Å². The summed E-state index contributed by atoms with van der Waals surface area (Å²) in [5.41, 5.74) is 0. The van der Waals surface area contributed by atoms with E-state index in [1.54, 1.807) is 0 Å². The van der Waals surface area contributed by atoms with Crippen LogP contribution in [0.1, 0.15) is 33.6 Å². The van der Waals surface area contributed by atoms with Crippen molar-refractivity contribution < 1.29 is 218 Å². The highest BCUT2D eigenvalue weighted by Crippen LogP contribution is 2.42. The van der Waals surface area contributed by atoms with Gasteiger partial charge in [0.05, 0.1) is 83.2 Å². The maximum Gasteiger partial charge on any atom is 0.364 e. The first-order valence-electron chi connectivity index (χ1n) is 33.1. The number of carboxylic acid groups (broad SMARTS) is 2. The van der Waals surface area contributed by atoms with Crippen molar-refractivity contribution in [1.29, 1.82) is 0 Å². The zero-order valence-corrected chi connectivity index (χ0v) is 57.1. The summed E-state index contributed by atoms with van der Waals surface area (Å²) in [6, 6.07) is -9.91. The molecule has 6 fully saturated rings. The summed E-state index contributed by atoms with van der Waals surface area (Å²) in [5.74, 6) is -16.6. The van der Waals surface area contributed by atoms with Crippen LogP contribution in [0, 0.1) is 0 Å². The SMILES string of the molecule is CC(=O)N[C@H]1[C@H](O[C@@H]2[C@H](O[C@]3(C(=O)O)C[C@H](O)[C@@H](NC(=O)CO)[C@H]([C@H](O)[C@H](O)CO)O3)[C@@H](NC(C)=O)[C@H](O[C@H]3[C@@H](O)[C@@H](CO)O[C@@H](O[C@@H]4[C@H](O)[C@@H](O)[C@H](O[C@@H]([C@@H](O)[C@H](O)CO[C@]5(C(=O)O)C[C@H](O)[C@@H](NC(=O)CO)[C@H]([C@H](O)[C@H](O)CO)O5)[C@H](CO)NC(C)=O)O[C@@H]4CO)[C@@H]3O)O[C@@H]2CO)O[C@H](CO)[C@H](O)[C@@H]1O. The second-order valence-corrected chi connectivity index (χ2v) is 25.9. The number of aliphatic carboxylic acids is 2. The van der Waals surface area contributed by atoms with Gasteiger partial charge in [0, 0.05) is 33.6 Å². The molecule has 0 aromatic rings. The molecule has 0 bridgehead atoms. The molecule has 49 nitrogen and oxygen atoms in total. The van der Waals surface area contributed by atoms with Gasteiger partial charge in [0.1, 0.15) is 166 Å². The third kappa shape index (κ3) is 21.2. The standard InChI is InChI=1S/C58H97N5O44/c1-16(73)59-19(6-64)44(37(85)24(80)15-96-57(55(92)93)4-20(76)31(62-29(81)13-71)47(105-57)35(83)22(78)7-65)101-53-42(90)41(89)45(27(11-69)100-53)102-54-43(91)50(39(87)26(10-68)98-54)104-52-34(61-18(3)75)49(46(28(12-70)99-52)103-51-33(60-17(2)74)40(88)38(86)25(9-67)97-51)107-58(56(94)95)5-21(77)32(63-30(82)14-72)48(106-58)36(84)23(79)8-66/h19-28,31-54,64-72,76-80,83-91H,4-15H2,1-3H3,(H,59,73)(H,60,74)(H,61,75)(H,62,81)(H,63,82)(H,92,93)(H,94,95)/t19-,20-,21-,22+,23+,24+,25+,26+,27+,28+,31+,32+,33+,34+,35+,36+,37-,38-,39-,40+,41+,42+,43+,44+,45-,46-,47+,48+,49+,50-,51-,52-,53-,54-,57+,58-/m0/s1. The molecule has 0 spiro atoms. The highest BCUT2D eigenvalue weighted by molar-refractivity contribution is 5.79. The van der Waals surface area contributed by atoms with E-state index < -0.39 is 340 Å². The van der Waals surface area contributed by atoms with Crippen molar-refractivity contribution in [1.82, 2.24) is 26.6 Å². The number of nitrogens with one attached hydrogen (secondary N) is 5. The molecule has 0 aliphatic carbocycles. The molecular formula is C58H97N5O44. The van der Waals surface area contributed by atoms with Crippen molar-refractivity contribution in [3.8, 4) is 0 Å². The first-order valence-corrected chi connectivity index (χ1v) is 33.1. The molecule has 6 aliphatic rings. The van der Waals surface area contributed by atoms with Crippen LogP contribution in [-0.4, -0.2) is 455 Å². The van der Waals surface area contributed by atoms with Crippen molar-refractivity contribution in [2.24, 2.45) is 0 Å². The van der Waals surface area contributed by atoms with Crippen LogP contribution in [0.25, 0.3) is 0 Å². The third-order valence-electron chi connectivity index (χ3n) is 18.4. The largest absolute Gasteiger partial charge is 0.477 e. The Balaban J connectivity index is 1.34. The van der Waals surface area contributed by atoms with Crippen LogP contribution in [0.5, 0.6) is 0 Å². The van der Waals surface area contributed by atoms with Gasteiger partial charge in [-0.15, -0.1) is 0 Å². The summed E-state index contributed by atoms with van der Waals surface area (Å²) < 4.78 is 70.2. The summed E-state index contributed by atoms with van der Waals surface area (Å²) in [6.07, 6.45) is -69.1.